The Bertz CT molecular complexity index is 284. The predicted molar refractivity (Wildman–Crippen MR) is 59.5 cm³/mol. The zero-order valence-corrected chi connectivity index (χ0v) is 11.4. The normalized spacial score (nSPS) is 19.1. The van der Waals surface area contributed by atoms with E-state index in [0.29, 0.717) is 6.92 Å². The molecule has 0 aromatic heterocycles. The highest BCUT2D eigenvalue weighted by Crippen LogP contribution is 2.41. The van der Waals surface area contributed by atoms with Crippen LogP contribution < -0.4 is 0 Å². The molecule has 0 heterocycles. The molecule has 0 saturated heterocycles. The van der Waals surface area contributed by atoms with Crippen LogP contribution in [0, 0.1) is 11.3 Å². The molecule has 0 aliphatic carbocycles. The number of aliphatic hydroxyl groups is 1. The molecule has 2 unspecified atom stereocenters. The van der Waals surface area contributed by atoms with Gasteiger partial charge in [0.1, 0.15) is 0 Å². The molecule has 0 bridgehead atoms. The van der Waals surface area contributed by atoms with Crippen LogP contribution in [0.3, 0.4) is 0 Å². The van der Waals surface area contributed by atoms with Crippen molar-refractivity contribution in [2.45, 2.75) is 64.9 Å². The summed E-state index contributed by atoms with van der Waals surface area (Å²) in [7, 11) is 0. The second-order valence-electron chi connectivity index (χ2n) is 6.31. The average Bonchev–Trinajstić information content (AvgIpc) is 2.06. The van der Waals surface area contributed by atoms with Gasteiger partial charge in [-0.05, 0) is 31.6 Å². The van der Waals surface area contributed by atoms with Crippen LogP contribution in [0.25, 0.3) is 0 Å². The third-order valence-corrected chi connectivity index (χ3v) is 2.91. The van der Waals surface area contributed by atoms with E-state index in [9.17, 15) is 31.4 Å². The Morgan fingerprint density at radius 1 is 0.895 bits per heavy atom. The zero-order valence-electron chi connectivity index (χ0n) is 11.4. The molecule has 0 aromatic carbocycles. The van der Waals surface area contributed by atoms with Crippen molar-refractivity contribution in [1.82, 2.24) is 0 Å². The second kappa shape index (κ2) is 5.50. The molecule has 0 aliphatic rings. The van der Waals surface area contributed by atoms with Crippen molar-refractivity contribution >= 4 is 0 Å². The van der Waals surface area contributed by atoms with Gasteiger partial charge in [0.05, 0.1) is 5.92 Å². The Hall–Kier alpha value is -0.460. The van der Waals surface area contributed by atoms with Crippen LogP contribution in [0.1, 0.15) is 47.0 Å². The molecule has 0 amide bonds. The lowest BCUT2D eigenvalue weighted by Crippen LogP contribution is -2.43. The van der Waals surface area contributed by atoms with Gasteiger partial charge < -0.3 is 5.11 Å². The van der Waals surface area contributed by atoms with E-state index < -0.39 is 42.1 Å². The summed E-state index contributed by atoms with van der Waals surface area (Å²) >= 11 is 0. The van der Waals surface area contributed by atoms with E-state index in [0.717, 1.165) is 0 Å². The van der Waals surface area contributed by atoms with Crippen molar-refractivity contribution in [3.63, 3.8) is 0 Å². The van der Waals surface area contributed by atoms with Crippen molar-refractivity contribution in [1.29, 1.82) is 0 Å². The lowest BCUT2D eigenvalue weighted by Gasteiger charge is -2.31. The van der Waals surface area contributed by atoms with E-state index in [4.69, 9.17) is 0 Å². The summed E-state index contributed by atoms with van der Waals surface area (Å²) in [6.07, 6.45) is -11.5. The summed E-state index contributed by atoms with van der Waals surface area (Å²) < 4.78 is 75.4. The maximum atomic E-state index is 12.8. The number of rotatable bonds is 4. The first-order valence-electron chi connectivity index (χ1n) is 5.92. The Labute approximate surface area is 109 Å². The van der Waals surface area contributed by atoms with Crippen LogP contribution in [-0.4, -0.2) is 23.1 Å². The molecular formula is C12H20F6O. The largest absolute Gasteiger partial charge is 0.416 e. The molecule has 0 aliphatic heterocycles. The Balaban J connectivity index is 4.79. The zero-order chi connectivity index (χ0) is 15.7. The van der Waals surface area contributed by atoms with Crippen molar-refractivity contribution in [2.75, 3.05) is 0 Å². The summed E-state index contributed by atoms with van der Waals surface area (Å²) in [4.78, 5) is 0. The maximum absolute atomic E-state index is 12.8. The second-order valence-corrected chi connectivity index (χ2v) is 6.31. The van der Waals surface area contributed by atoms with Crippen LogP contribution in [0.15, 0.2) is 0 Å². The van der Waals surface area contributed by atoms with E-state index in [1.54, 1.807) is 20.8 Å². The molecule has 1 N–H and O–H groups in total. The minimum absolute atomic E-state index is 0.273. The molecule has 116 valence electrons. The van der Waals surface area contributed by atoms with Crippen molar-refractivity contribution in [2.24, 2.45) is 11.3 Å². The first-order chi connectivity index (χ1) is 8.06. The minimum atomic E-state index is -4.93. The molecule has 0 radical (unpaired) electrons. The summed E-state index contributed by atoms with van der Waals surface area (Å²) in [6.45, 7) is 5.27. The third kappa shape index (κ3) is 6.49. The third-order valence-electron chi connectivity index (χ3n) is 2.91. The van der Waals surface area contributed by atoms with Gasteiger partial charge in [0.25, 0.3) is 0 Å². The fourth-order valence-electron chi connectivity index (χ4n) is 1.72. The minimum Gasteiger partial charge on any atom is -0.381 e. The SMILES string of the molecule is CC(C)(C)CC(CCC(C)(O)C(F)(F)F)C(F)(F)F. The summed E-state index contributed by atoms with van der Waals surface area (Å²) in [5.41, 5.74) is -3.74. The molecular weight excluding hydrogens is 274 g/mol. The smallest absolute Gasteiger partial charge is 0.381 e. The molecule has 0 spiro atoms. The molecule has 7 heteroatoms. The van der Waals surface area contributed by atoms with Crippen LogP contribution in [-0.2, 0) is 0 Å². The number of hydrogen-bond donors (Lipinski definition) is 1. The highest BCUT2D eigenvalue weighted by molar-refractivity contribution is 4.84. The molecule has 0 rings (SSSR count). The van der Waals surface area contributed by atoms with Gasteiger partial charge in [0, 0.05) is 0 Å². The van der Waals surface area contributed by atoms with Gasteiger partial charge in [-0.2, -0.15) is 26.3 Å². The number of halogens is 6. The van der Waals surface area contributed by atoms with E-state index >= 15 is 0 Å². The van der Waals surface area contributed by atoms with Gasteiger partial charge in [-0.1, -0.05) is 20.8 Å². The van der Waals surface area contributed by atoms with Crippen LogP contribution in [0.2, 0.25) is 0 Å². The first-order valence-corrected chi connectivity index (χ1v) is 5.92. The fourth-order valence-corrected chi connectivity index (χ4v) is 1.72. The van der Waals surface area contributed by atoms with E-state index in [1.165, 1.54) is 0 Å². The van der Waals surface area contributed by atoms with Gasteiger partial charge in [-0.25, -0.2) is 0 Å². The molecule has 2 atom stereocenters. The maximum Gasteiger partial charge on any atom is 0.416 e. The highest BCUT2D eigenvalue weighted by atomic mass is 19.4. The van der Waals surface area contributed by atoms with E-state index in [-0.39, 0.29) is 6.42 Å². The van der Waals surface area contributed by atoms with Crippen LogP contribution in [0.4, 0.5) is 26.3 Å². The van der Waals surface area contributed by atoms with Crippen molar-refractivity contribution in [3.05, 3.63) is 0 Å². The van der Waals surface area contributed by atoms with Crippen LogP contribution in [0.5, 0.6) is 0 Å². The molecule has 0 fully saturated rings. The molecule has 0 aromatic rings. The van der Waals surface area contributed by atoms with Crippen LogP contribution >= 0.6 is 0 Å². The lowest BCUT2D eigenvalue weighted by atomic mass is 9.80. The quantitative estimate of drug-likeness (QED) is 0.745. The average molecular weight is 294 g/mol. The van der Waals surface area contributed by atoms with E-state index in [2.05, 4.69) is 0 Å². The predicted octanol–water partition coefficient (Wildman–Crippen LogP) is 4.69. The van der Waals surface area contributed by atoms with Gasteiger partial charge in [-0.15, -0.1) is 0 Å². The topological polar surface area (TPSA) is 20.2 Å². The lowest BCUT2D eigenvalue weighted by molar-refractivity contribution is -0.259. The summed E-state index contributed by atoms with van der Waals surface area (Å²) in [5, 5.41) is 9.17. The Kier molecular flexibility index (Phi) is 5.37. The van der Waals surface area contributed by atoms with Crippen molar-refractivity contribution < 1.29 is 31.4 Å². The van der Waals surface area contributed by atoms with Gasteiger partial charge in [0.15, 0.2) is 5.60 Å². The number of alkyl halides is 6. The molecule has 1 nitrogen and oxygen atoms in total. The van der Waals surface area contributed by atoms with Gasteiger partial charge in [0.2, 0.25) is 0 Å². The monoisotopic (exact) mass is 294 g/mol. The molecule has 19 heavy (non-hydrogen) atoms. The van der Waals surface area contributed by atoms with Gasteiger partial charge in [-0.3, -0.25) is 0 Å². The highest BCUT2D eigenvalue weighted by Gasteiger charge is 2.51. The first kappa shape index (κ1) is 18.5. The van der Waals surface area contributed by atoms with E-state index in [1.807, 2.05) is 0 Å². The summed E-state index contributed by atoms with van der Waals surface area (Å²) in [5.74, 6) is -1.85. The number of hydrogen-bond acceptors (Lipinski definition) is 1. The molecule has 0 saturated carbocycles. The summed E-state index contributed by atoms with van der Waals surface area (Å²) in [6, 6.07) is 0. The standard InChI is InChI=1S/C12H20F6O/c1-9(2,3)7-8(11(13,14)15)5-6-10(4,19)12(16,17)18/h8,19H,5-7H2,1-4H3. The Morgan fingerprint density at radius 3 is 1.58 bits per heavy atom. The van der Waals surface area contributed by atoms with Gasteiger partial charge >= 0.3 is 12.4 Å². The Morgan fingerprint density at radius 2 is 1.32 bits per heavy atom. The van der Waals surface area contributed by atoms with Crippen molar-refractivity contribution in [3.8, 4) is 0 Å². The fraction of sp³-hybridized carbons (Fsp3) is 1.00.